The molecule has 0 amide bonds. The number of nitrogens with zero attached hydrogens (tertiary/aromatic N) is 2. The highest BCUT2D eigenvalue weighted by Gasteiger charge is 2.21. The van der Waals surface area contributed by atoms with Gasteiger partial charge in [-0.2, -0.15) is 0 Å². The van der Waals surface area contributed by atoms with Gasteiger partial charge in [0, 0.05) is 20.5 Å². The Morgan fingerprint density at radius 3 is 2.53 bits per heavy atom. The number of carbonyl (C=O) groups is 2. The monoisotopic (exact) mass is 256 g/mol. The molecule has 0 aliphatic rings. The third kappa shape index (κ3) is 3.26. The van der Waals surface area contributed by atoms with E-state index in [0.717, 1.165) is 30.7 Å². The maximum absolute atomic E-state index is 11.3. The lowest BCUT2D eigenvalue weighted by atomic mass is 10.3. The van der Waals surface area contributed by atoms with Gasteiger partial charge in [-0.3, -0.25) is 4.79 Å². The number of hydrogen-bond acceptors (Lipinski definition) is 5. The van der Waals surface area contributed by atoms with Crippen LogP contribution in [0.1, 0.15) is 46.8 Å². The maximum Gasteiger partial charge on any atom is 0.356 e. The van der Waals surface area contributed by atoms with Crippen LogP contribution in [0.2, 0.25) is 0 Å². The average molecular weight is 256 g/mol. The minimum absolute atomic E-state index is 0.138. The van der Waals surface area contributed by atoms with E-state index in [9.17, 15) is 9.59 Å². The zero-order valence-corrected chi connectivity index (χ0v) is 11.0. The quantitative estimate of drug-likeness (QED) is 0.791. The van der Waals surface area contributed by atoms with Gasteiger partial charge < -0.3 is 10.0 Å². The molecule has 0 fully saturated rings. The fraction of sp³-hybridized carbons (Fsp3) is 0.545. The van der Waals surface area contributed by atoms with Crippen LogP contribution in [0, 0.1) is 0 Å². The van der Waals surface area contributed by atoms with E-state index < -0.39 is 5.97 Å². The molecule has 94 valence electrons. The second-order valence-corrected chi connectivity index (χ2v) is 4.79. The standard InChI is InChI=1S/C11H16N2O3S/c1-4-5-6-13(3)11-12-8(10(15)16)9(17-11)7(2)14/h4-6H2,1-3H3,(H,15,16). The number of rotatable bonds is 6. The van der Waals surface area contributed by atoms with E-state index in [-0.39, 0.29) is 16.4 Å². The predicted octanol–water partition coefficient (Wildman–Crippen LogP) is 2.28. The zero-order valence-electron chi connectivity index (χ0n) is 10.2. The Hall–Kier alpha value is -1.43. The summed E-state index contributed by atoms with van der Waals surface area (Å²) in [6.07, 6.45) is 2.06. The number of aromatic carboxylic acids is 1. The molecule has 0 saturated heterocycles. The lowest BCUT2D eigenvalue weighted by molar-refractivity contribution is 0.0687. The van der Waals surface area contributed by atoms with Crippen molar-refractivity contribution in [3.63, 3.8) is 0 Å². The van der Waals surface area contributed by atoms with Crippen molar-refractivity contribution < 1.29 is 14.7 Å². The van der Waals surface area contributed by atoms with Gasteiger partial charge in [0.15, 0.2) is 16.6 Å². The highest BCUT2D eigenvalue weighted by atomic mass is 32.1. The third-order valence-corrected chi connectivity index (χ3v) is 3.58. The molecule has 0 spiro atoms. The average Bonchev–Trinajstić information content (AvgIpc) is 2.70. The van der Waals surface area contributed by atoms with Gasteiger partial charge in [0.25, 0.3) is 0 Å². The molecule has 0 saturated carbocycles. The van der Waals surface area contributed by atoms with E-state index in [2.05, 4.69) is 11.9 Å². The summed E-state index contributed by atoms with van der Waals surface area (Å²) in [5.41, 5.74) is -0.138. The number of Topliss-reactive ketones (excluding diaryl/α,β-unsaturated/α-hetero) is 1. The van der Waals surface area contributed by atoms with E-state index in [1.807, 2.05) is 11.9 Å². The molecule has 0 aromatic carbocycles. The summed E-state index contributed by atoms with van der Waals surface area (Å²) in [6.45, 7) is 4.25. The number of carbonyl (C=O) groups excluding carboxylic acids is 1. The SMILES string of the molecule is CCCCN(C)c1nc(C(=O)O)c(C(C)=O)s1. The van der Waals surface area contributed by atoms with Crippen molar-refractivity contribution in [2.45, 2.75) is 26.7 Å². The van der Waals surface area contributed by atoms with Gasteiger partial charge in [0.05, 0.1) is 0 Å². The fourth-order valence-electron chi connectivity index (χ4n) is 1.35. The first-order valence-electron chi connectivity index (χ1n) is 5.43. The summed E-state index contributed by atoms with van der Waals surface area (Å²) in [5.74, 6) is -1.41. The topological polar surface area (TPSA) is 70.5 Å². The summed E-state index contributed by atoms with van der Waals surface area (Å²) in [5, 5.41) is 9.54. The molecule has 1 rings (SSSR count). The maximum atomic E-state index is 11.3. The Morgan fingerprint density at radius 1 is 1.47 bits per heavy atom. The van der Waals surface area contributed by atoms with Gasteiger partial charge in [-0.15, -0.1) is 0 Å². The van der Waals surface area contributed by atoms with Gasteiger partial charge in [0.1, 0.15) is 4.88 Å². The lowest BCUT2D eigenvalue weighted by Crippen LogP contribution is -2.18. The first-order valence-corrected chi connectivity index (χ1v) is 6.25. The van der Waals surface area contributed by atoms with E-state index >= 15 is 0 Å². The molecule has 0 unspecified atom stereocenters. The zero-order chi connectivity index (χ0) is 13.0. The number of hydrogen-bond donors (Lipinski definition) is 1. The molecule has 6 heteroatoms. The molecule has 0 aliphatic heterocycles. The van der Waals surface area contributed by atoms with Crippen LogP contribution in [-0.2, 0) is 0 Å². The second kappa shape index (κ2) is 5.77. The number of carboxylic acids is 1. The molecule has 1 aromatic heterocycles. The van der Waals surface area contributed by atoms with Gasteiger partial charge in [-0.05, 0) is 6.42 Å². The van der Waals surface area contributed by atoms with E-state index in [1.54, 1.807) is 0 Å². The predicted molar refractivity (Wildman–Crippen MR) is 67.3 cm³/mol. The van der Waals surface area contributed by atoms with Crippen LogP contribution in [0.5, 0.6) is 0 Å². The molecule has 1 aromatic rings. The summed E-state index contributed by atoms with van der Waals surface area (Å²) in [6, 6.07) is 0. The number of thiazole rings is 1. The van der Waals surface area contributed by atoms with E-state index in [0.29, 0.717) is 5.13 Å². The number of ketones is 1. The molecular weight excluding hydrogens is 240 g/mol. The van der Waals surface area contributed by atoms with Crippen molar-refractivity contribution in [2.75, 3.05) is 18.5 Å². The molecular formula is C11H16N2O3S. The number of aromatic nitrogens is 1. The van der Waals surface area contributed by atoms with Gasteiger partial charge in [-0.25, -0.2) is 9.78 Å². The molecule has 1 N–H and O–H groups in total. The largest absolute Gasteiger partial charge is 0.476 e. The van der Waals surface area contributed by atoms with Crippen LogP contribution in [0.3, 0.4) is 0 Å². The third-order valence-electron chi connectivity index (χ3n) is 2.31. The van der Waals surface area contributed by atoms with E-state index in [1.165, 1.54) is 6.92 Å². The Balaban J connectivity index is 2.99. The molecule has 0 aliphatic carbocycles. The van der Waals surface area contributed by atoms with Crippen LogP contribution in [0.15, 0.2) is 0 Å². The number of unbranched alkanes of at least 4 members (excludes halogenated alkanes) is 1. The minimum Gasteiger partial charge on any atom is -0.476 e. The summed E-state index contributed by atoms with van der Waals surface area (Å²) in [7, 11) is 1.85. The van der Waals surface area contributed by atoms with Crippen LogP contribution in [0.25, 0.3) is 0 Å². The fourth-order valence-corrected chi connectivity index (χ4v) is 2.29. The number of carboxylic acid groups (broad SMARTS) is 1. The summed E-state index contributed by atoms with van der Waals surface area (Å²) < 4.78 is 0. The molecule has 1 heterocycles. The smallest absolute Gasteiger partial charge is 0.356 e. The van der Waals surface area contributed by atoms with Gasteiger partial charge in [0.2, 0.25) is 0 Å². The van der Waals surface area contributed by atoms with Crippen LogP contribution < -0.4 is 4.90 Å². The number of anilines is 1. The Labute approximate surface area is 104 Å². The van der Waals surface area contributed by atoms with Gasteiger partial charge >= 0.3 is 5.97 Å². The Morgan fingerprint density at radius 2 is 2.12 bits per heavy atom. The van der Waals surface area contributed by atoms with Crippen LogP contribution in [0.4, 0.5) is 5.13 Å². The molecule has 0 radical (unpaired) electrons. The first kappa shape index (κ1) is 13.6. The second-order valence-electron chi connectivity index (χ2n) is 3.81. The van der Waals surface area contributed by atoms with Crippen LogP contribution >= 0.6 is 11.3 Å². The molecule has 17 heavy (non-hydrogen) atoms. The Kier molecular flexibility index (Phi) is 4.62. The van der Waals surface area contributed by atoms with Crippen molar-refractivity contribution in [1.82, 2.24) is 4.98 Å². The van der Waals surface area contributed by atoms with Crippen molar-refractivity contribution in [1.29, 1.82) is 0 Å². The normalized spacial score (nSPS) is 10.3. The first-order chi connectivity index (χ1) is 7.97. The Bertz CT molecular complexity index is 397. The van der Waals surface area contributed by atoms with Crippen molar-refractivity contribution in [3.05, 3.63) is 10.6 Å². The summed E-state index contributed by atoms with van der Waals surface area (Å²) in [4.78, 5) is 28.4. The summed E-state index contributed by atoms with van der Waals surface area (Å²) >= 11 is 1.14. The molecule has 0 atom stereocenters. The molecule has 0 bridgehead atoms. The van der Waals surface area contributed by atoms with E-state index in [4.69, 9.17) is 5.11 Å². The van der Waals surface area contributed by atoms with Crippen molar-refractivity contribution in [2.24, 2.45) is 0 Å². The lowest BCUT2D eigenvalue weighted by Gasteiger charge is -2.14. The minimum atomic E-state index is -1.15. The molecule has 5 nitrogen and oxygen atoms in total. The van der Waals surface area contributed by atoms with Crippen LogP contribution in [-0.4, -0.2) is 35.4 Å². The van der Waals surface area contributed by atoms with Crippen molar-refractivity contribution >= 4 is 28.2 Å². The highest BCUT2D eigenvalue weighted by Crippen LogP contribution is 2.26. The highest BCUT2D eigenvalue weighted by molar-refractivity contribution is 7.17. The van der Waals surface area contributed by atoms with Crippen molar-refractivity contribution in [3.8, 4) is 0 Å². The van der Waals surface area contributed by atoms with Gasteiger partial charge in [-0.1, -0.05) is 24.7 Å².